The minimum absolute atomic E-state index is 0.0856. The molecule has 0 spiro atoms. The maximum atomic E-state index is 8.98. The molecular weight excluding hydrogens is 240 g/mol. The van der Waals surface area contributed by atoms with Gasteiger partial charge in [0.05, 0.1) is 12.9 Å². The predicted molar refractivity (Wildman–Crippen MR) is 78.5 cm³/mol. The van der Waals surface area contributed by atoms with E-state index in [9.17, 15) is 0 Å². The van der Waals surface area contributed by atoms with Gasteiger partial charge in [-0.25, -0.2) is 0 Å². The molecule has 19 heavy (non-hydrogen) atoms. The van der Waals surface area contributed by atoms with E-state index in [0.717, 1.165) is 6.42 Å². The van der Waals surface area contributed by atoms with E-state index in [0.29, 0.717) is 0 Å². The number of aliphatic hydroxyl groups is 2. The van der Waals surface area contributed by atoms with Gasteiger partial charge in [-0.1, -0.05) is 50.5 Å². The van der Waals surface area contributed by atoms with Crippen LogP contribution in [0.25, 0.3) is 0 Å². The summed E-state index contributed by atoms with van der Waals surface area (Å²) in [6.07, 6.45) is 13.7. The Labute approximate surface area is 117 Å². The molecule has 0 aromatic carbocycles. The molecule has 0 radical (unpaired) electrons. The SMILES string of the molecule is CCCCCCC/C=C/C#C/C=C/OC[C@@H](O)CO. The van der Waals surface area contributed by atoms with E-state index < -0.39 is 6.10 Å². The predicted octanol–water partition coefficient (Wildman–Crippen LogP) is 2.79. The number of hydrogen-bond acceptors (Lipinski definition) is 3. The highest BCUT2D eigenvalue weighted by molar-refractivity contribution is 5.22. The average molecular weight is 266 g/mol. The van der Waals surface area contributed by atoms with Crippen LogP contribution in [0.15, 0.2) is 24.5 Å². The fourth-order valence-electron chi connectivity index (χ4n) is 1.41. The molecule has 0 rings (SSSR count). The molecule has 0 aliphatic carbocycles. The number of hydrogen-bond donors (Lipinski definition) is 2. The number of aliphatic hydroxyl groups excluding tert-OH is 2. The molecular formula is C16H26O3. The van der Waals surface area contributed by atoms with E-state index in [1.165, 1.54) is 38.4 Å². The molecule has 0 aliphatic heterocycles. The molecule has 0 saturated carbocycles. The van der Waals surface area contributed by atoms with Gasteiger partial charge in [0.1, 0.15) is 12.7 Å². The van der Waals surface area contributed by atoms with Crippen molar-refractivity contribution in [2.24, 2.45) is 0 Å². The van der Waals surface area contributed by atoms with Crippen molar-refractivity contribution in [3.8, 4) is 11.8 Å². The molecule has 0 heterocycles. The second-order valence-corrected chi connectivity index (χ2v) is 4.37. The molecule has 0 aromatic heterocycles. The lowest BCUT2D eigenvalue weighted by molar-refractivity contribution is 0.0385. The molecule has 2 N–H and O–H groups in total. The smallest absolute Gasteiger partial charge is 0.115 e. The molecule has 0 amide bonds. The lowest BCUT2D eigenvalue weighted by atomic mass is 10.1. The van der Waals surface area contributed by atoms with Gasteiger partial charge in [-0.2, -0.15) is 0 Å². The first-order chi connectivity index (χ1) is 9.31. The van der Waals surface area contributed by atoms with Crippen LogP contribution in [0.2, 0.25) is 0 Å². The van der Waals surface area contributed by atoms with Crippen molar-refractivity contribution >= 4 is 0 Å². The summed E-state index contributed by atoms with van der Waals surface area (Å²) < 4.78 is 4.95. The van der Waals surface area contributed by atoms with Gasteiger partial charge in [-0.15, -0.1) is 0 Å². The number of unbranched alkanes of at least 4 members (excludes halogenated alkanes) is 5. The zero-order valence-corrected chi connectivity index (χ0v) is 11.8. The Hall–Kier alpha value is -1.24. The average Bonchev–Trinajstić information content (AvgIpc) is 2.43. The van der Waals surface area contributed by atoms with Crippen LogP contribution in [-0.4, -0.2) is 29.5 Å². The highest BCUT2D eigenvalue weighted by atomic mass is 16.5. The molecule has 1 atom stereocenters. The normalized spacial score (nSPS) is 12.6. The molecule has 0 unspecified atom stereocenters. The minimum Gasteiger partial charge on any atom is -0.498 e. The first-order valence-corrected chi connectivity index (χ1v) is 7.02. The molecule has 3 nitrogen and oxygen atoms in total. The third-order valence-electron chi connectivity index (χ3n) is 2.51. The minimum atomic E-state index is -0.829. The first kappa shape index (κ1) is 17.8. The van der Waals surface area contributed by atoms with Crippen molar-refractivity contribution < 1.29 is 14.9 Å². The molecule has 0 saturated heterocycles. The molecule has 0 bridgehead atoms. The number of allylic oxidation sites excluding steroid dienone is 3. The summed E-state index contributed by atoms with van der Waals surface area (Å²) in [5.41, 5.74) is 0. The maximum Gasteiger partial charge on any atom is 0.115 e. The molecule has 0 fully saturated rings. The Kier molecular flexibility index (Phi) is 13.9. The van der Waals surface area contributed by atoms with Crippen LogP contribution < -0.4 is 0 Å². The molecule has 108 valence electrons. The highest BCUT2D eigenvalue weighted by Crippen LogP contribution is 2.04. The van der Waals surface area contributed by atoms with Gasteiger partial charge >= 0.3 is 0 Å². The standard InChI is InChI=1S/C16H26O3/c1-2-3-4-5-6-7-8-9-10-11-12-13-19-15-16(18)14-17/h8-9,12-13,16-18H,2-7,14-15H2,1H3/b9-8+,13-12+/t16-/m0/s1. The summed E-state index contributed by atoms with van der Waals surface area (Å²) in [7, 11) is 0. The molecule has 3 heteroatoms. The number of ether oxygens (including phenoxy) is 1. The van der Waals surface area contributed by atoms with Crippen molar-refractivity contribution in [1.82, 2.24) is 0 Å². The summed E-state index contributed by atoms with van der Waals surface area (Å²) in [5.74, 6) is 5.68. The summed E-state index contributed by atoms with van der Waals surface area (Å²) in [6, 6.07) is 0. The quantitative estimate of drug-likeness (QED) is 0.363. The third kappa shape index (κ3) is 14.7. The van der Waals surface area contributed by atoms with E-state index in [-0.39, 0.29) is 13.2 Å². The van der Waals surface area contributed by atoms with E-state index >= 15 is 0 Å². The Balaban J connectivity index is 3.44. The lowest BCUT2D eigenvalue weighted by Crippen LogP contribution is -2.17. The Morgan fingerprint density at radius 3 is 2.58 bits per heavy atom. The summed E-state index contributed by atoms with van der Waals surface area (Å²) >= 11 is 0. The van der Waals surface area contributed by atoms with Gasteiger partial charge in [0.15, 0.2) is 0 Å². The van der Waals surface area contributed by atoms with Crippen LogP contribution in [0.3, 0.4) is 0 Å². The zero-order chi connectivity index (χ0) is 14.2. The number of rotatable bonds is 10. The van der Waals surface area contributed by atoms with E-state index in [4.69, 9.17) is 14.9 Å². The highest BCUT2D eigenvalue weighted by Gasteiger charge is 1.98. The largest absolute Gasteiger partial charge is 0.498 e. The Morgan fingerprint density at radius 2 is 1.84 bits per heavy atom. The van der Waals surface area contributed by atoms with Gasteiger partial charge < -0.3 is 14.9 Å². The zero-order valence-electron chi connectivity index (χ0n) is 11.8. The Bertz CT molecular complexity index is 297. The fourth-order valence-corrected chi connectivity index (χ4v) is 1.41. The van der Waals surface area contributed by atoms with Crippen molar-refractivity contribution in [3.05, 3.63) is 24.5 Å². The summed E-state index contributed by atoms with van der Waals surface area (Å²) in [5, 5.41) is 17.5. The fraction of sp³-hybridized carbons (Fsp3) is 0.625. The summed E-state index contributed by atoms with van der Waals surface area (Å²) in [6.45, 7) is 2.01. The van der Waals surface area contributed by atoms with Crippen LogP contribution in [0.5, 0.6) is 0 Å². The van der Waals surface area contributed by atoms with Gasteiger partial charge in [0.25, 0.3) is 0 Å². The third-order valence-corrected chi connectivity index (χ3v) is 2.51. The topological polar surface area (TPSA) is 49.7 Å². The van der Waals surface area contributed by atoms with Crippen LogP contribution in [0, 0.1) is 11.8 Å². The second kappa shape index (κ2) is 14.8. The van der Waals surface area contributed by atoms with Crippen LogP contribution in [-0.2, 0) is 4.74 Å². The Morgan fingerprint density at radius 1 is 1.11 bits per heavy atom. The van der Waals surface area contributed by atoms with E-state index in [1.54, 1.807) is 6.08 Å². The van der Waals surface area contributed by atoms with Crippen LogP contribution in [0.4, 0.5) is 0 Å². The van der Waals surface area contributed by atoms with Crippen molar-refractivity contribution in [2.75, 3.05) is 13.2 Å². The van der Waals surface area contributed by atoms with Gasteiger partial charge in [0.2, 0.25) is 0 Å². The second-order valence-electron chi connectivity index (χ2n) is 4.37. The van der Waals surface area contributed by atoms with Gasteiger partial charge in [0, 0.05) is 6.08 Å². The summed E-state index contributed by atoms with van der Waals surface area (Å²) in [4.78, 5) is 0. The van der Waals surface area contributed by atoms with Crippen LogP contribution >= 0.6 is 0 Å². The monoisotopic (exact) mass is 266 g/mol. The van der Waals surface area contributed by atoms with Crippen molar-refractivity contribution in [3.63, 3.8) is 0 Å². The molecule has 0 aromatic rings. The van der Waals surface area contributed by atoms with Crippen LogP contribution in [0.1, 0.15) is 45.4 Å². The van der Waals surface area contributed by atoms with Gasteiger partial charge in [-0.3, -0.25) is 0 Å². The lowest BCUT2D eigenvalue weighted by Gasteiger charge is -2.04. The van der Waals surface area contributed by atoms with E-state index in [2.05, 4.69) is 24.8 Å². The van der Waals surface area contributed by atoms with Crippen molar-refractivity contribution in [2.45, 2.75) is 51.6 Å². The van der Waals surface area contributed by atoms with Gasteiger partial charge in [-0.05, 0) is 18.9 Å². The van der Waals surface area contributed by atoms with E-state index in [1.807, 2.05) is 6.08 Å². The van der Waals surface area contributed by atoms with Crippen molar-refractivity contribution in [1.29, 1.82) is 0 Å². The maximum absolute atomic E-state index is 8.98. The molecule has 0 aliphatic rings. The first-order valence-electron chi connectivity index (χ1n) is 7.02.